The van der Waals surface area contributed by atoms with Crippen molar-refractivity contribution >= 4 is 5.91 Å². The molecule has 1 amide bonds. The molecule has 0 aromatic carbocycles. The first kappa shape index (κ1) is 14.5. The van der Waals surface area contributed by atoms with Gasteiger partial charge in [-0.2, -0.15) is 0 Å². The maximum atomic E-state index is 12.7. The summed E-state index contributed by atoms with van der Waals surface area (Å²) < 4.78 is 2.16. The van der Waals surface area contributed by atoms with E-state index >= 15 is 0 Å². The summed E-state index contributed by atoms with van der Waals surface area (Å²) >= 11 is 0. The van der Waals surface area contributed by atoms with Crippen LogP contribution in [0, 0.1) is 6.92 Å². The van der Waals surface area contributed by atoms with Crippen molar-refractivity contribution in [1.29, 1.82) is 0 Å². The van der Waals surface area contributed by atoms with E-state index in [1.165, 1.54) is 0 Å². The van der Waals surface area contributed by atoms with Gasteiger partial charge in [0.25, 0.3) is 0 Å². The zero-order chi connectivity index (χ0) is 14.7. The lowest BCUT2D eigenvalue weighted by Gasteiger charge is -2.33. The van der Waals surface area contributed by atoms with Gasteiger partial charge in [0.15, 0.2) is 0 Å². The summed E-state index contributed by atoms with van der Waals surface area (Å²) in [6.07, 6.45) is 5.98. The monoisotopic (exact) mass is 291 g/mol. The minimum Gasteiger partial charge on any atom is -0.339 e. The minimum absolute atomic E-state index is 0.0897. The molecule has 2 saturated heterocycles. The Balaban J connectivity index is 1.57. The molecule has 116 valence electrons. The summed E-state index contributed by atoms with van der Waals surface area (Å²) in [6, 6.07) is 0.0897. The molecule has 0 bridgehead atoms. The molecule has 0 spiro atoms. The Morgan fingerprint density at radius 1 is 1.33 bits per heavy atom. The Labute approximate surface area is 126 Å². The normalized spacial score (nSPS) is 23.7. The molecule has 0 aliphatic carbocycles. The van der Waals surface area contributed by atoms with Crippen LogP contribution in [0.5, 0.6) is 0 Å². The van der Waals surface area contributed by atoms with E-state index in [4.69, 9.17) is 0 Å². The van der Waals surface area contributed by atoms with E-state index in [1.54, 1.807) is 0 Å². The number of nitrogens with one attached hydrogen (secondary N) is 1. The second kappa shape index (κ2) is 6.58. The number of piperazine rings is 1. The van der Waals surface area contributed by atoms with Gasteiger partial charge in [0.2, 0.25) is 5.91 Å². The van der Waals surface area contributed by atoms with Crippen molar-refractivity contribution in [3.8, 4) is 0 Å². The van der Waals surface area contributed by atoms with Crippen LogP contribution in [0.4, 0.5) is 0 Å². The molecule has 1 unspecified atom stereocenters. The number of aryl methyl sites for hydroxylation is 1. The summed E-state index contributed by atoms with van der Waals surface area (Å²) in [5.74, 6) is 1.37. The van der Waals surface area contributed by atoms with E-state index < -0.39 is 0 Å². The number of amides is 1. The topological polar surface area (TPSA) is 53.4 Å². The Morgan fingerprint density at radius 3 is 2.86 bits per heavy atom. The van der Waals surface area contributed by atoms with Crippen molar-refractivity contribution in [2.75, 3.05) is 39.3 Å². The van der Waals surface area contributed by atoms with Crippen molar-refractivity contribution in [3.63, 3.8) is 0 Å². The van der Waals surface area contributed by atoms with Gasteiger partial charge in [-0.3, -0.25) is 9.69 Å². The molecule has 1 aromatic heterocycles. The number of likely N-dealkylation sites (tertiary alicyclic amines) is 1. The Morgan fingerprint density at radius 2 is 2.14 bits per heavy atom. The maximum absolute atomic E-state index is 12.7. The second-order valence-corrected chi connectivity index (χ2v) is 5.94. The largest absolute Gasteiger partial charge is 0.339 e. The molecule has 2 aliphatic rings. The van der Waals surface area contributed by atoms with Gasteiger partial charge in [-0.05, 0) is 26.3 Å². The average Bonchev–Trinajstić information content (AvgIpc) is 3.14. The molecule has 1 aromatic rings. The van der Waals surface area contributed by atoms with Crippen LogP contribution < -0.4 is 5.32 Å². The smallest absolute Gasteiger partial charge is 0.240 e. The first-order valence-corrected chi connectivity index (χ1v) is 7.97. The predicted molar refractivity (Wildman–Crippen MR) is 81.0 cm³/mol. The zero-order valence-electron chi connectivity index (χ0n) is 12.8. The Kier molecular flexibility index (Phi) is 4.55. The lowest BCUT2D eigenvalue weighted by molar-refractivity contribution is -0.136. The van der Waals surface area contributed by atoms with Crippen molar-refractivity contribution in [3.05, 3.63) is 18.2 Å². The van der Waals surface area contributed by atoms with Gasteiger partial charge >= 0.3 is 0 Å². The molecule has 6 nitrogen and oxygen atoms in total. The highest BCUT2D eigenvalue weighted by Gasteiger charge is 2.33. The van der Waals surface area contributed by atoms with Gasteiger partial charge in [-0.15, -0.1) is 0 Å². The number of imidazole rings is 1. The molecule has 3 heterocycles. The van der Waals surface area contributed by atoms with Crippen molar-refractivity contribution in [1.82, 2.24) is 24.7 Å². The number of carbonyl (C=O) groups excluding carboxylic acids is 1. The van der Waals surface area contributed by atoms with Gasteiger partial charge in [0.1, 0.15) is 5.82 Å². The van der Waals surface area contributed by atoms with Crippen LogP contribution in [0.15, 0.2) is 12.4 Å². The second-order valence-electron chi connectivity index (χ2n) is 5.94. The molecule has 1 atom stereocenters. The van der Waals surface area contributed by atoms with Gasteiger partial charge in [0, 0.05) is 51.7 Å². The lowest BCUT2D eigenvalue weighted by atomic mass is 10.1. The molecular weight excluding hydrogens is 266 g/mol. The third-order valence-corrected chi connectivity index (χ3v) is 4.63. The van der Waals surface area contributed by atoms with Crippen LogP contribution in [0.3, 0.4) is 0 Å². The van der Waals surface area contributed by atoms with Gasteiger partial charge < -0.3 is 14.8 Å². The van der Waals surface area contributed by atoms with Gasteiger partial charge in [0.05, 0.1) is 6.04 Å². The van der Waals surface area contributed by atoms with E-state index in [1.807, 2.05) is 24.2 Å². The van der Waals surface area contributed by atoms with Gasteiger partial charge in [-0.1, -0.05) is 0 Å². The fraction of sp³-hybridized carbons (Fsp3) is 0.733. The van der Waals surface area contributed by atoms with Crippen molar-refractivity contribution in [2.45, 2.75) is 32.4 Å². The lowest BCUT2D eigenvalue weighted by Crippen LogP contribution is -2.52. The third kappa shape index (κ3) is 3.27. The number of hydrogen-bond donors (Lipinski definition) is 1. The maximum Gasteiger partial charge on any atom is 0.240 e. The molecule has 6 heteroatoms. The first-order chi connectivity index (χ1) is 10.3. The van der Waals surface area contributed by atoms with Crippen LogP contribution in [0.25, 0.3) is 0 Å². The van der Waals surface area contributed by atoms with E-state index in [0.717, 1.165) is 64.5 Å². The highest BCUT2D eigenvalue weighted by atomic mass is 16.2. The SMILES string of the molecule is Cc1nccn1CCN1CCCC1C(=O)N1CCNCC1. The van der Waals surface area contributed by atoms with Crippen molar-refractivity contribution < 1.29 is 4.79 Å². The summed E-state index contributed by atoms with van der Waals surface area (Å²) in [6.45, 7) is 8.45. The van der Waals surface area contributed by atoms with Crippen LogP contribution in [-0.2, 0) is 11.3 Å². The van der Waals surface area contributed by atoms with Crippen LogP contribution in [0.2, 0.25) is 0 Å². The van der Waals surface area contributed by atoms with Crippen LogP contribution in [0.1, 0.15) is 18.7 Å². The van der Waals surface area contributed by atoms with E-state index in [9.17, 15) is 4.79 Å². The highest BCUT2D eigenvalue weighted by molar-refractivity contribution is 5.82. The molecule has 1 N–H and O–H groups in total. The average molecular weight is 291 g/mol. The number of nitrogens with zero attached hydrogens (tertiary/aromatic N) is 4. The van der Waals surface area contributed by atoms with E-state index in [-0.39, 0.29) is 6.04 Å². The Hall–Kier alpha value is -1.40. The molecular formula is C15H25N5O. The van der Waals surface area contributed by atoms with Gasteiger partial charge in [-0.25, -0.2) is 4.98 Å². The molecule has 0 radical (unpaired) electrons. The number of rotatable bonds is 4. The number of carbonyl (C=O) groups is 1. The fourth-order valence-corrected chi connectivity index (χ4v) is 3.35. The molecule has 3 rings (SSSR count). The predicted octanol–water partition coefficient (Wildman–Crippen LogP) is 0.0877. The highest BCUT2D eigenvalue weighted by Crippen LogP contribution is 2.19. The summed E-state index contributed by atoms with van der Waals surface area (Å²) in [5.41, 5.74) is 0. The number of aromatic nitrogens is 2. The molecule has 21 heavy (non-hydrogen) atoms. The minimum atomic E-state index is 0.0897. The molecule has 2 aliphatic heterocycles. The summed E-state index contributed by atoms with van der Waals surface area (Å²) in [4.78, 5) is 21.3. The molecule has 0 saturated carbocycles. The fourth-order valence-electron chi connectivity index (χ4n) is 3.35. The van der Waals surface area contributed by atoms with Crippen molar-refractivity contribution in [2.24, 2.45) is 0 Å². The zero-order valence-corrected chi connectivity index (χ0v) is 12.8. The van der Waals surface area contributed by atoms with Crippen LogP contribution in [-0.4, -0.2) is 70.6 Å². The summed E-state index contributed by atoms with van der Waals surface area (Å²) in [5, 5.41) is 3.30. The van der Waals surface area contributed by atoms with Crippen LogP contribution >= 0.6 is 0 Å². The summed E-state index contributed by atoms with van der Waals surface area (Å²) in [7, 11) is 0. The quantitative estimate of drug-likeness (QED) is 0.854. The van der Waals surface area contributed by atoms with E-state index in [2.05, 4.69) is 19.8 Å². The standard InChI is InChI=1S/C15H25N5O/c1-13-17-6-10-18(13)11-12-19-7-2-3-14(19)15(21)20-8-4-16-5-9-20/h6,10,14,16H,2-5,7-9,11-12H2,1H3. The number of hydrogen-bond acceptors (Lipinski definition) is 4. The Bertz CT molecular complexity index is 480. The first-order valence-electron chi connectivity index (χ1n) is 7.97. The molecule has 2 fully saturated rings. The van der Waals surface area contributed by atoms with E-state index in [0.29, 0.717) is 5.91 Å². The third-order valence-electron chi connectivity index (χ3n) is 4.63.